The maximum Gasteiger partial charge on any atom is 0.338 e. The average Bonchev–Trinajstić information content (AvgIpc) is 3.55. The van der Waals surface area contributed by atoms with Gasteiger partial charge in [-0.2, -0.15) is 10.4 Å². The summed E-state index contributed by atoms with van der Waals surface area (Å²) >= 11 is 6.55. The molecule has 1 saturated carbocycles. The number of imidazole rings is 1. The highest BCUT2D eigenvalue weighted by Crippen LogP contribution is 2.46. The molecular weight excluding hydrogens is 490 g/mol. The van der Waals surface area contributed by atoms with Crippen molar-refractivity contribution >= 4 is 23.3 Å². The highest BCUT2D eigenvalue weighted by atomic mass is 35.5. The lowest BCUT2D eigenvalue weighted by atomic mass is 9.76. The molecule has 2 aromatic heterocycles. The van der Waals surface area contributed by atoms with Gasteiger partial charge in [0.25, 0.3) is 5.78 Å². The Morgan fingerprint density at radius 3 is 2.76 bits per heavy atom. The van der Waals surface area contributed by atoms with Crippen molar-refractivity contribution in [3.05, 3.63) is 70.0 Å². The van der Waals surface area contributed by atoms with Gasteiger partial charge in [-0.1, -0.05) is 36.6 Å². The molecule has 1 aliphatic carbocycles. The van der Waals surface area contributed by atoms with Crippen LogP contribution < -0.4 is 0 Å². The first-order valence-corrected chi connectivity index (χ1v) is 13.1. The third-order valence-electron chi connectivity index (χ3n) is 7.81. The van der Waals surface area contributed by atoms with E-state index in [0.29, 0.717) is 29.3 Å². The van der Waals surface area contributed by atoms with E-state index in [4.69, 9.17) is 16.3 Å². The van der Waals surface area contributed by atoms with E-state index in [9.17, 15) is 15.2 Å². The van der Waals surface area contributed by atoms with Crippen LogP contribution in [0.1, 0.15) is 69.2 Å². The molecule has 3 heterocycles. The minimum Gasteiger partial charge on any atom is -0.512 e. The fourth-order valence-electron chi connectivity index (χ4n) is 5.67. The van der Waals surface area contributed by atoms with E-state index < -0.39 is 17.0 Å². The second kappa shape index (κ2) is 9.79. The molecule has 8 nitrogen and oxygen atoms in total. The third kappa shape index (κ3) is 4.93. The predicted molar refractivity (Wildman–Crippen MR) is 138 cm³/mol. The van der Waals surface area contributed by atoms with Crippen LogP contribution in [0.15, 0.2) is 48.1 Å². The van der Waals surface area contributed by atoms with Crippen molar-refractivity contribution < 1.29 is 14.6 Å². The zero-order valence-electron chi connectivity index (χ0n) is 21.1. The number of fused-ring (bicyclic) bond motifs is 1. The number of aliphatic hydroxyl groups excluding tert-OH is 1. The number of hydrogen-bond acceptors (Lipinski definition) is 7. The van der Waals surface area contributed by atoms with Crippen LogP contribution in [0.2, 0.25) is 5.02 Å². The van der Waals surface area contributed by atoms with E-state index in [2.05, 4.69) is 21.1 Å². The summed E-state index contributed by atoms with van der Waals surface area (Å²) in [4.78, 5) is 21.9. The van der Waals surface area contributed by atoms with Crippen LogP contribution in [0.25, 0.3) is 5.78 Å². The van der Waals surface area contributed by atoms with Gasteiger partial charge in [0.05, 0.1) is 41.3 Å². The Labute approximate surface area is 221 Å². The van der Waals surface area contributed by atoms with Crippen LogP contribution in [0.3, 0.4) is 0 Å². The SMILES string of the molecule is CC(C)(C#N)c1ccc(CCC2(C3CCCC3)CC(O)=C(Cc3cn4nccnc4n3)C(=O)O2)cc1Cl. The molecule has 1 aromatic carbocycles. The molecule has 0 amide bonds. The molecule has 3 aromatic rings. The second-order valence-electron chi connectivity index (χ2n) is 10.7. The minimum absolute atomic E-state index is 0.0743. The quantitative estimate of drug-likeness (QED) is 0.413. The molecular formula is C28H30ClN5O3. The van der Waals surface area contributed by atoms with Crippen molar-refractivity contribution in [1.82, 2.24) is 19.6 Å². The van der Waals surface area contributed by atoms with Crippen molar-refractivity contribution in [3.63, 3.8) is 0 Å². The number of aryl methyl sites for hydroxylation is 1. The van der Waals surface area contributed by atoms with Crippen molar-refractivity contribution in [2.75, 3.05) is 0 Å². The van der Waals surface area contributed by atoms with Gasteiger partial charge in [0.1, 0.15) is 11.4 Å². The number of ether oxygens (including phenoxy) is 1. The number of carbonyl (C=O) groups is 1. The van der Waals surface area contributed by atoms with Crippen LogP contribution in [-0.4, -0.2) is 36.3 Å². The van der Waals surface area contributed by atoms with E-state index in [-0.39, 0.29) is 30.1 Å². The lowest BCUT2D eigenvalue weighted by Gasteiger charge is -2.42. The van der Waals surface area contributed by atoms with Crippen molar-refractivity contribution in [1.29, 1.82) is 5.26 Å². The van der Waals surface area contributed by atoms with Crippen molar-refractivity contribution in [2.24, 2.45) is 5.92 Å². The number of aliphatic hydroxyl groups is 1. The van der Waals surface area contributed by atoms with E-state index >= 15 is 0 Å². The Morgan fingerprint density at radius 2 is 2.08 bits per heavy atom. The highest BCUT2D eigenvalue weighted by Gasteiger charge is 2.48. The highest BCUT2D eigenvalue weighted by molar-refractivity contribution is 6.31. The van der Waals surface area contributed by atoms with Gasteiger partial charge in [-0.3, -0.25) is 0 Å². The number of halogens is 1. The first kappa shape index (κ1) is 25.2. The number of cyclic esters (lactones) is 1. The molecule has 9 heteroatoms. The van der Waals surface area contributed by atoms with Gasteiger partial charge in [0.15, 0.2) is 0 Å². The molecule has 5 rings (SSSR count). The predicted octanol–water partition coefficient (Wildman–Crippen LogP) is 5.44. The summed E-state index contributed by atoms with van der Waals surface area (Å²) in [5.74, 6) is 0.212. The Morgan fingerprint density at radius 1 is 1.30 bits per heavy atom. The van der Waals surface area contributed by atoms with E-state index in [1.165, 1.54) is 4.52 Å². The zero-order valence-corrected chi connectivity index (χ0v) is 21.8. The lowest BCUT2D eigenvalue weighted by Crippen LogP contribution is -2.46. The van der Waals surface area contributed by atoms with Gasteiger partial charge in [-0.15, -0.1) is 0 Å². The number of nitrogens with zero attached hydrogens (tertiary/aromatic N) is 5. The maximum atomic E-state index is 13.3. The minimum atomic E-state index is -0.764. The first-order valence-electron chi connectivity index (χ1n) is 12.7. The van der Waals surface area contributed by atoms with E-state index in [0.717, 1.165) is 36.8 Å². The largest absolute Gasteiger partial charge is 0.512 e. The summed E-state index contributed by atoms with van der Waals surface area (Å²) in [6, 6.07) is 8.09. The molecule has 1 aliphatic heterocycles. The number of aromatic nitrogens is 4. The molecule has 0 spiro atoms. The molecule has 1 atom stereocenters. The number of esters is 1. The van der Waals surface area contributed by atoms with Gasteiger partial charge >= 0.3 is 5.97 Å². The number of hydrogen-bond donors (Lipinski definition) is 1. The maximum absolute atomic E-state index is 13.3. The second-order valence-corrected chi connectivity index (χ2v) is 11.1. The summed E-state index contributed by atoms with van der Waals surface area (Å²) in [6.45, 7) is 3.69. The lowest BCUT2D eigenvalue weighted by molar-refractivity contribution is -0.167. The van der Waals surface area contributed by atoms with Gasteiger partial charge < -0.3 is 9.84 Å². The smallest absolute Gasteiger partial charge is 0.338 e. The Bertz CT molecular complexity index is 1380. The van der Waals surface area contributed by atoms with Crippen molar-refractivity contribution in [2.45, 2.75) is 76.2 Å². The normalized spacial score (nSPS) is 20.9. The summed E-state index contributed by atoms with van der Waals surface area (Å²) in [6.07, 6.45) is 10.6. The first-order chi connectivity index (χ1) is 17.7. The third-order valence-corrected chi connectivity index (χ3v) is 8.12. The van der Waals surface area contributed by atoms with Crippen LogP contribution in [0.4, 0.5) is 0 Å². The fraction of sp³-hybridized carbons (Fsp3) is 0.464. The number of benzene rings is 1. The van der Waals surface area contributed by atoms with E-state index in [1.807, 2.05) is 32.0 Å². The van der Waals surface area contributed by atoms with Gasteiger partial charge in [0.2, 0.25) is 0 Å². The summed E-state index contributed by atoms with van der Waals surface area (Å²) in [7, 11) is 0. The van der Waals surface area contributed by atoms with Gasteiger partial charge in [-0.05, 0) is 62.6 Å². The Kier molecular flexibility index (Phi) is 6.67. The van der Waals surface area contributed by atoms with Crippen LogP contribution >= 0.6 is 11.6 Å². The number of rotatable bonds is 7. The van der Waals surface area contributed by atoms with Gasteiger partial charge in [-0.25, -0.2) is 19.3 Å². The molecule has 0 saturated heterocycles. The zero-order chi connectivity index (χ0) is 26.2. The molecule has 1 fully saturated rings. The van der Waals surface area contributed by atoms with Crippen LogP contribution in [0, 0.1) is 17.2 Å². The molecule has 0 bridgehead atoms. The summed E-state index contributed by atoms with van der Waals surface area (Å²) in [5.41, 5.74) is 1.18. The Hall–Kier alpha value is -3.44. The molecule has 1 unspecified atom stereocenters. The summed E-state index contributed by atoms with van der Waals surface area (Å²) < 4.78 is 7.78. The average molecular weight is 520 g/mol. The van der Waals surface area contributed by atoms with Crippen molar-refractivity contribution in [3.8, 4) is 6.07 Å². The van der Waals surface area contributed by atoms with E-state index in [1.54, 1.807) is 18.6 Å². The summed E-state index contributed by atoms with van der Waals surface area (Å²) in [5, 5.41) is 25.3. The van der Waals surface area contributed by atoms with Crippen LogP contribution in [0.5, 0.6) is 0 Å². The van der Waals surface area contributed by atoms with Gasteiger partial charge in [0, 0.05) is 17.9 Å². The molecule has 0 radical (unpaired) electrons. The topological polar surface area (TPSA) is 113 Å². The molecule has 37 heavy (non-hydrogen) atoms. The molecule has 1 N–H and O–H groups in total. The number of nitriles is 1. The molecule has 192 valence electrons. The molecule has 2 aliphatic rings. The Balaban J connectivity index is 1.38. The fourth-order valence-corrected chi connectivity index (χ4v) is 6.11. The van der Waals surface area contributed by atoms with Crippen LogP contribution in [-0.2, 0) is 27.8 Å². The standard InChI is InChI=1S/C28H30ClN5O3/c1-27(2,17-30)22-8-7-18(13-23(22)29)9-10-28(19-5-3-4-6-19)15-24(35)21(25(36)37-28)14-20-16-34-26(33-20)31-11-12-32-34/h7-8,11-13,16,19,35H,3-6,9-10,14-15H2,1-2H3. The number of carbonyl (C=O) groups excluding carboxylic acids is 1. The monoisotopic (exact) mass is 519 g/mol.